The van der Waals surface area contributed by atoms with Crippen LogP contribution in [0.5, 0.6) is 0 Å². The van der Waals surface area contributed by atoms with Crippen molar-refractivity contribution in [1.82, 2.24) is 0 Å². The minimum absolute atomic E-state index is 0. The molecule has 8 nitrogen and oxygen atoms in total. The molecule has 0 aliphatic heterocycles. The van der Waals surface area contributed by atoms with Gasteiger partial charge in [-0.3, -0.25) is 9.59 Å². The van der Waals surface area contributed by atoms with E-state index in [9.17, 15) is 29.4 Å². The predicted molar refractivity (Wildman–Crippen MR) is 329 cm³/mol. The normalized spacial score (nSPS) is 11.9. The molecule has 9 heteroatoms. The van der Waals surface area contributed by atoms with E-state index in [0.29, 0.717) is 25.7 Å². The van der Waals surface area contributed by atoms with Crippen molar-refractivity contribution in [2.24, 2.45) is 0 Å². The third-order valence-corrected chi connectivity index (χ3v) is 16.2. The van der Waals surface area contributed by atoms with Crippen LogP contribution in [-0.4, -0.2) is 36.1 Å². The van der Waals surface area contributed by atoms with E-state index >= 15 is 0 Å². The average Bonchev–Trinajstić information content (AvgIpc) is 3.42. The van der Waals surface area contributed by atoms with Gasteiger partial charge in [0.15, 0.2) is 0 Å². The number of carbonyl (C=O) groups is 4. The number of unbranched alkanes of at least 4 members (excludes halogenated alkanes) is 52. The van der Waals surface area contributed by atoms with Gasteiger partial charge in [-0.15, -0.1) is 0 Å². The van der Waals surface area contributed by atoms with Crippen molar-refractivity contribution in [3.8, 4) is 0 Å². The standard InChI is InChI=1S/2C35H68O4.Zn/c2*1-3-5-7-9-11-13-15-17-19-21-23-25-27-29-31-33(35(37)38)39-34(36)32-30-28-26-24-22-20-18-16-14-12-10-8-6-4-2;/h2*33H,3-32H2,1-2H3,(H,37,38);/q;;+2/p-2. The summed E-state index contributed by atoms with van der Waals surface area (Å²) in [6.07, 6.45) is 70.2. The summed E-state index contributed by atoms with van der Waals surface area (Å²) in [4.78, 5) is 47.0. The Labute approximate surface area is 504 Å². The Bertz CT molecular complexity index is 1140. The van der Waals surface area contributed by atoms with Crippen LogP contribution in [0.25, 0.3) is 0 Å². The van der Waals surface area contributed by atoms with Crippen LogP contribution < -0.4 is 10.2 Å². The maximum atomic E-state index is 12.1. The van der Waals surface area contributed by atoms with E-state index in [1.807, 2.05) is 0 Å². The molecule has 0 aliphatic carbocycles. The van der Waals surface area contributed by atoms with Crippen LogP contribution >= 0.6 is 0 Å². The molecule has 0 heterocycles. The number of rotatable bonds is 64. The van der Waals surface area contributed by atoms with Gasteiger partial charge in [-0.1, -0.05) is 362 Å². The quantitative estimate of drug-likeness (QED) is 0.0334. The molecule has 0 bridgehead atoms. The number of aliphatic carboxylic acids is 2. The second-order valence-electron chi connectivity index (χ2n) is 24.1. The van der Waals surface area contributed by atoms with Crippen molar-refractivity contribution in [2.45, 2.75) is 425 Å². The van der Waals surface area contributed by atoms with Crippen molar-refractivity contribution in [2.75, 3.05) is 0 Å². The van der Waals surface area contributed by atoms with E-state index in [1.165, 1.54) is 283 Å². The number of hydrogen-bond acceptors (Lipinski definition) is 8. The zero-order valence-corrected chi connectivity index (χ0v) is 56.5. The molecular weight excluding hydrogens is 1030 g/mol. The van der Waals surface area contributed by atoms with Crippen molar-refractivity contribution in [3.63, 3.8) is 0 Å². The van der Waals surface area contributed by atoms with Crippen molar-refractivity contribution in [3.05, 3.63) is 0 Å². The smallest absolute Gasteiger partial charge is 0.546 e. The Morgan fingerprint density at radius 3 is 0.532 bits per heavy atom. The molecule has 0 radical (unpaired) electrons. The zero-order chi connectivity index (χ0) is 57.3. The Hall–Kier alpha value is -1.50. The topological polar surface area (TPSA) is 133 Å². The van der Waals surface area contributed by atoms with Crippen LogP contribution in [0.1, 0.15) is 413 Å². The molecule has 0 aromatic carbocycles. The maximum Gasteiger partial charge on any atom is 2.00 e. The fraction of sp³-hybridized carbons (Fsp3) is 0.943. The van der Waals surface area contributed by atoms with Gasteiger partial charge < -0.3 is 29.3 Å². The Morgan fingerprint density at radius 2 is 0.380 bits per heavy atom. The second kappa shape index (κ2) is 70.8. The first-order valence-corrected chi connectivity index (χ1v) is 35.0. The minimum atomic E-state index is -1.25. The van der Waals surface area contributed by atoms with Gasteiger partial charge in [-0.2, -0.15) is 0 Å². The molecular formula is C70H134O8Zn. The summed E-state index contributed by atoms with van der Waals surface area (Å²) in [5.41, 5.74) is 0. The third kappa shape index (κ3) is 68.9. The Balaban J connectivity index is -0.00000144. The van der Waals surface area contributed by atoms with Crippen molar-refractivity contribution in [1.29, 1.82) is 0 Å². The fourth-order valence-corrected chi connectivity index (χ4v) is 10.9. The molecule has 0 N–H and O–H groups in total. The largest absolute Gasteiger partial charge is 2.00 e. The number of ether oxygens (including phenoxy) is 2. The molecule has 0 saturated carbocycles. The first-order chi connectivity index (χ1) is 38.2. The first kappa shape index (κ1) is 81.7. The molecule has 79 heavy (non-hydrogen) atoms. The van der Waals surface area contributed by atoms with Crippen LogP contribution in [0.15, 0.2) is 0 Å². The summed E-state index contributed by atoms with van der Waals surface area (Å²) >= 11 is 0. The molecule has 2 unspecified atom stereocenters. The maximum absolute atomic E-state index is 12.1. The fourth-order valence-electron chi connectivity index (χ4n) is 10.9. The summed E-state index contributed by atoms with van der Waals surface area (Å²) in [5.74, 6) is -3.26. The summed E-state index contributed by atoms with van der Waals surface area (Å²) in [5, 5.41) is 22.8. The molecule has 0 aromatic heterocycles. The van der Waals surface area contributed by atoms with E-state index in [1.54, 1.807) is 0 Å². The monoisotopic (exact) mass is 1170 g/mol. The Kier molecular flexibility index (Phi) is 73.2. The van der Waals surface area contributed by atoms with Gasteiger partial charge in [0.05, 0.1) is 11.9 Å². The number of hydrogen-bond donors (Lipinski definition) is 0. The van der Waals surface area contributed by atoms with Gasteiger partial charge in [-0.25, -0.2) is 0 Å². The minimum Gasteiger partial charge on any atom is -0.546 e. The Morgan fingerprint density at radius 1 is 0.241 bits per heavy atom. The molecule has 0 saturated heterocycles. The number of carbonyl (C=O) groups excluding carboxylic acids is 4. The van der Waals surface area contributed by atoms with Crippen LogP contribution in [-0.2, 0) is 48.1 Å². The number of carboxylic acids is 2. The van der Waals surface area contributed by atoms with Gasteiger partial charge in [0.25, 0.3) is 0 Å². The summed E-state index contributed by atoms with van der Waals surface area (Å²) in [7, 11) is 0. The summed E-state index contributed by atoms with van der Waals surface area (Å²) in [6.45, 7) is 9.05. The van der Waals surface area contributed by atoms with Crippen LogP contribution in [0.4, 0.5) is 0 Å². The van der Waals surface area contributed by atoms with Gasteiger partial charge in [-0.05, 0) is 38.5 Å². The molecule has 0 aromatic rings. The zero-order valence-electron chi connectivity index (χ0n) is 53.6. The summed E-state index contributed by atoms with van der Waals surface area (Å²) < 4.78 is 10.5. The molecule has 0 spiro atoms. The van der Waals surface area contributed by atoms with Gasteiger partial charge in [0, 0.05) is 12.8 Å². The van der Waals surface area contributed by atoms with E-state index in [4.69, 9.17) is 9.47 Å². The average molecular weight is 1170 g/mol. The number of esters is 2. The van der Waals surface area contributed by atoms with Crippen LogP contribution in [0.2, 0.25) is 0 Å². The van der Waals surface area contributed by atoms with Crippen molar-refractivity contribution < 1.29 is 58.3 Å². The first-order valence-electron chi connectivity index (χ1n) is 35.0. The molecule has 0 rings (SSSR count). The van der Waals surface area contributed by atoms with Crippen LogP contribution in [0.3, 0.4) is 0 Å². The summed E-state index contributed by atoms with van der Waals surface area (Å²) in [6, 6.07) is 0. The van der Waals surface area contributed by atoms with E-state index in [0.717, 1.165) is 77.0 Å². The molecule has 0 amide bonds. The molecule has 0 fully saturated rings. The van der Waals surface area contributed by atoms with Crippen molar-refractivity contribution >= 4 is 23.9 Å². The molecule has 2 atom stereocenters. The molecule has 464 valence electrons. The van der Waals surface area contributed by atoms with E-state index < -0.39 is 24.1 Å². The number of carboxylic acid groups (broad SMARTS) is 2. The van der Waals surface area contributed by atoms with E-state index in [-0.39, 0.29) is 31.4 Å². The van der Waals surface area contributed by atoms with Gasteiger partial charge >= 0.3 is 31.4 Å². The third-order valence-electron chi connectivity index (χ3n) is 16.2. The SMILES string of the molecule is CCCCCCCCCCCCCCCCC(=O)OC(CCCCCCCCCCCCCCCC)C(=O)[O-].CCCCCCCCCCCCCCCCC(=O)OC(CCCCCCCCCCCCCCCC)C(=O)[O-].[Zn+2]. The van der Waals surface area contributed by atoms with Gasteiger partial charge in [0.1, 0.15) is 12.2 Å². The second-order valence-corrected chi connectivity index (χ2v) is 24.1. The predicted octanol–water partition coefficient (Wildman–Crippen LogP) is 20.8. The van der Waals surface area contributed by atoms with E-state index in [2.05, 4.69) is 27.7 Å². The molecule has 0 aliphatic rings. The van der Waals surface area contributed by atoms with Gasteiger partial charge in [0.2, 0.25) is 0 Å². The van der Waals surface area contributed by atoms with Crippen LogP contribution in [0, 0.1) is 0 Å².